The highest BCUT2D eigenvalue weighted by Crippen LogP contribution is 2.23. The van der Waals surface area contributed by atoms with Crippen LogP contribution in [0.15, 0.2) is 0 Å². The Kier molecular flexibility index (Phi) is 4.80. The zero-order chi connectivity index (χ0) is 12.1. The number of hydrogen-bond acceptors (Lipinski definition) is 3. The summed E-state index contributed by atoms with van der Waals surface area (Å²) in [6.07, 6.45) is 5.96. The summed E-state index contributed by atoms with van der Waals surface area (Å²) in [4.78, 5) is 11.9. The van der Waals surface area contributed by atoms with E-state index in [4.69, 9.17) is 0 Å². The van der Waals surface area contributed by atoms with Gasteiger partial charge in [-0.2, -0.15) is 0 Å². The zero-order valence-electron chi connectivity index (χ0n) is 10.5. The number of aliphatic hydroxyl groups is 1. The fourth-order valence-corrected chi connectivity index (χ4v) is 2.91. The molecule has 0 aromatic rings. The van der Waals surface area contributed by atoms with E-state index in [1.54, 1.807) is 0 Å². The first-order valence-corrected chi connectivity index (χ1v) is 6.92. The molecule has 4 nitrogen and oxygen atoms in total. The van der Waals surface area contributed by atoms with Gasteiger partial charge in [0.2, 0.25) is 5.91 Å². The molecule has 3 N–H and O–H groups in total. The summed E-state index contributed by atoms with van der Waals surface area (Å²) in [5.41, 5.74) is 0. The van der Waals surface area contributed by atoms with E-state index in [9.17, 15) is 9.90 Å². The molecule has 0 radical (unpaired) electrons. The summed E-state index contributed by atoms with van der Waals surface area (Å²) >= 11 is 0. The Balaban J connectivity index is 1.68. The average molecular weight is 240 g/mol. The summed E-state index contributed by atoms with van der Waals surface area (Å²) in [7, 11) is 0. The molecule has 3 atom stereocenters. The summed E-state index contributed by atoms with van der Waals surface area (Å²) in [6, 6.07) is 0. The lowest BCUT2D eigenvalue weighted by Crippen LogP contribution is -2.42. The van der Waals surface area contributed by atoms with Crippen LogP contribution in [0.1, 0.15) is 38.5 Å². The van der Waals surface area contributed by atoms with Crippen LogP contribution in [-0.4, -0.2) is 36.8 Å². The molecule has 98 valence electrons. The van der Waals surface area contributed by atoms with E-state index in [0.717, 1.165) is 58.2 Å². The molecule has 1 amide bonds. The summed E-state index contributed by atoms with van der Waals surface area (Å²) in [6.45, 7) is 2.60. The van der Waals surface area contributed by atoms with Crippen LogP contribution in [0.25, 0.3) is 0 Å². The molecule has 1 saturated carbocycles. The standard InChI is InChI=1S/C13H24N2O2/c16-12-5-1-3-10(7-12)8-15-13(17)11-4-2-6-14-9-11/h10-12,14,16H,1-9H2,(H,15,17). The number of aliphatic hydroxyl groups excluding tert-OH is 1. The van der Waals surface area contributed by atoms with Gasteiger partial charge in [0.25, 0.3) is 0 Å². The number of amides is 1. The molecular weight excluding hydrogens is 216 g/mol. The summed E-state index contributed by atoms with van der Waals surface area (Å²) < 4.78 is 0. The van der Waals surface area contributed by atoms with Crippen molar-refractivity contribution in [3.05, 3.63) is 0 Å². The first-order valence-electron chi connectivity index (χ1n) is 6.92. The summed E-state index contributed by atoms with van der Waals surface area (Å²) in [5, 5.41) is 15.9. The second kappa shape index (κ2) is 6.36. The van der Waals surface area contributed by atoms with Gasteiger partial charge in [0, 0.05) is 13.1 Å². The molecule has 1 heterocycles. The molecule has 2 rings (SSSR count). The maximum absolute atomic E-state index is 11.9. The van der Waals surface area contributed by atoms with E-state index < -0.39 is 0 Å². The third-order valence-corrected chi connectivity index (χ3v) is 3.99. The largest absolute Gasteiger partial charge is 0.393 e. The lowest BCUT2D eigenvalue weighted by molar-refractivity contribution is -0.125. The molecule has 1 aliphatic carbocycles. The van der Waals surface area contributed by atoms with Crippen LogP contribution in [0.2, 0.25) is 0 Å². The molecule has 4 heteroatoms. The Morgan fingerprint density at radius 3 is 2.88 bits per heavy atom. The van der Waals surface area contributed by atoms with E-state index in [0.29, 0.717) is 5.92 Å². The highest BCUT2D eigenvalue weighted by molar-refractivity contribution is 5.78. The van der Waals surface area contributed by atoms with Crippen molar-refractivity contribution in [2.45, 2.75) is 44.6 Å². The zero-order valence-corrected chi connectivity index (χ0v) is 10.5. The Bertz CT molecular complexity index is 252. The van der Waals surface area contributed by atoms with Crippen molar-refractivity contribution in [3.63, 3.8) is 0 Å². The predicted molar refractivity (Wildman–Crippen MR) is 66.6 cm³/mol. The predicted octanol–water partition coefficient (Wildman–Crippen LogP) is 0.653. The van der Waals surface area contributed by atoms with Crippen LogP contribution in [0.5, 0.6) is 0 Å². The minimum Gasteiger partial charge on any atom is -0.393 e. The van der Waals surface area contributed by atoms with Crippen LogP contribution in [0, 0.1) is 11.8 Å². The molecule has 3 unspecified atom stereocenters. The van der Waals surface area contributed by atoms with Crippen molar-refractivity contribution < 1.29 is 9.90 Å². The highest BCUT2D eigenvalue weighted by atomic mass is 16.3. The molecule has 0 aromatic heterocycles. The lowest BCUT2D eigenvalue weighted by Gasteiger charge is -2.27. The van der Waals surface area contributed by atoms with Gasteiger partial charge in [-0.05, 0) is 44.6 Å². The van der Waals surface area contributed by atoms with E-state index in [1.165, 1.54) is 0 Å². The Morgan fingerprint density at radius 2 is 2.18 bits per heavy atom. The molecular formula is C13H24N2O2. The van der Waals surface area contributed by atoms with Crippen molar-refractivity contribution in [1.82, 2.24) is 10.6 Å². The van der Waals surface area contributed by atoms with Gasteiger partial charge in [-0.3, -0.25) is 4.79 Å². The average Bonchev–Trinajstić information content (AvgIpc) is 2.37. The van der Waals surface area contributed by atoms with Crippen molar-refractivity contribution in [2.75, 3.05) is 19.6 Å². The van der Waals surface area contributed by atoms with E-state index >= 15 is 0 Å². The van der Waals surface area contributed by atoms with E-state index in [-0.39, 0.29) is 17.9 Å². The molecule has 2 fully saturated rings. The smallest absolute Gasteiger partial charge is 0.224 e. The fourth-order valence-electron chi connectivity index (χ4n) is 2.91. The SMILES string of the molecule is O=C(NCC1CCCC(O)C1)C1CCCNC1. The van der Waals surface area contributed by atoms with Gasteiger partial charge in [-0.25, -0.2) is 0 Å². The van der Waals surface area contributed by atoms with Crippen LogP contribution >= 0.6 is 0 Å². The minimum absolute atomic E-state index is 0.150. The van der Waals surface area contributed by atoms with Crippen molar-refractivity contribution in [3.8, 4) is 0 Å². The number of piperidine rings is 1. The molecule has 1 saturated heterocycles. The van der Waals surface area contributed by atoms with E-state index in [2.05, 4.69) is 10.6 Å². The Morgan fingerprint density at radius 1 is 1.29 bits per heavy atom. The number of nitrogens with one attached hydrogen (secondary N) is 2. The van der Waals surface area contributed by atoms with Crippen LogP contribution in [0.3, 0.4) is 0 Å². The van der Waals surface area contributed by atoms with Gasteiger partial charge in [0.15, 0.2) is 0 Å². The van der Waals surface area contributed by atoms with Crippen LogP contribution < -0.4 is 10.6 Å². The molecule has 0 spiro atoms. The Labute approximate surface area is 103 Å². The normalized spacial score (nSPS) is 34.3. The summed E-state index contributed by atoms with van der Waals surface area (Å²) in [5.74, 6) is 0.814. The van der Waals surface area contributed by atoms with Gasteiger partial charge in [-0.1, -0.05) is 6.42 Å². The maximum atomic E-state index is 11.9. The quantitative estimate of drug-likeness (QED) is 0.679. The third-order valence-electron chi connectivity index (χ3n) is 3.99. The van der Waals surface area contributed by atoms with Crippen LogP contribution in [-0.2, 0) is 4.79 Å². The first-order chi connectivity index (χ1) is 8.25. The molecule has 0 bridgehead atoms. The molecule has 1 aliphatic heterocycles. The minimum atomic E-state index is -0.151. The number of rotatable bonds is 3. The van der Waals surface area contributed by atoms with Gasteiger partial charge >= 0.3 is 0 Å². The topological polar surface area (TPSA) is 61.4 Å². The number of carbonyl (C=O) groups is 1. The monoisotopic (exact) mass is 240 g/mol. The van der Waals surface area contributed by atoms with Gasteiger partial charge in [-0.15, -0.1) is 0 Å². The lowest BCUT2D eigenvalue weighted by atomic mass is 9.87. The Hall–Kier alpha value is -0.610. The number of carbonyl (C=O) groups excluding carboxylic acids is 1. The maximum Gasteiger partial charge on any atom is 0.224 e. The van der Waals surface area contributed by atoms with Crippen LogP contribution in [0.4, 0.5) is 0 Å². The van der Waals surface area contributed by atoms with Crippen molar-refractivity contribution in [2.24, 2.45) is 11.8 Å². The number of hydrogen-bond donors (Lipinski definition) is 3. The second-order valence-corrected chi connectivity index (χ2v) is 5.47. The molecule has 2 aliphatic rings. The first kappa shape index (κ1) is 12.8. The van der Waals surface area contributed by atoms with Crippen molar-refractivity contribution >= 4 is 5.91 Å². The van der Waals surface area contributed by atoms with Crippen molar-refractivity contribution in [1.29, 1.82) is 0 Å². The molecule has 0 aromatic carbocycles. The molecule has 17 heavy (non-hydrogen) atoms. The van der Waals surface area contributed by atoms with E-state index in [1.807, 2.05) is 0 Å². The fraction of sp³-hybridized carbons (Fsp3) is 0.923. The van der Waals surface area contributed by atoms with Gasteiger partial charge in [0.1, 0.15) is 0 Å². The van der Waals surface area contributed by atoms with Gasteiger partial charge < -0.3 is 15.7 Å². The van der Waals surface area contributed by atoms with Gasteiger partial charge in [0.05, 0.1) is 12.0 Å². The third kappa shape index (κ3) is 3.96. The highest BCUT2D eigenvalue weighted by Gasteiger charge is 2.23. The second-order valence-electron chi connectivity index (χ2n) is 5.47.